The Bertz CT molecular complexity index is 841. The van der Waals surface area contributed by atoms with Crippen LogP contribution < -0.4 is 5.32 Å². The molecule has 0 aromatic heterocycles. The van der Waals surface area contributed by atoms with Crippen LogP contribution in [0.1, 0.15) is 13.8 Å². The van der Waals surface area contributed by atoms with E-state index in [1.165, 1.54) is 0 Å². The number of nitrogens with one attached hydrogen (secondary N) is 1. The molecule has 1 fully saturated rings. The highest BCUT2D eigenvalue weighted by atomic mass is 35.5. The predicted octanol–water partition coefficient (Wildman–Crippen LogP) is 6.63. The van der Waals surface area contributed by atoms with Gasteiger partial charge in [0.05, 0.1) is 17.3 Å². The molecule has 1 aliphatic rings. The van der Waals surface area contributed by atoms with Crippen molar-refractivity contribution in [2.75, 3.05) is 5.32 Å². The zero-order valence-electron chi connectivity index (χ0n) is 14.5. The second-order valence-corrected chi connectivity index (χ2v) is 7.86. The average molecular weight is 388 g/mol. The highest BCUT2D eigenvalue weighted by molar-refractivity contribution is 6.55. The van der Waals surface area contributed by atoms with Gasteiger partial charge in [0.1, 0.15) is 4.49 Å². The SMILES string of the molecule is CC1(C)[C@@H](C=C(Cl)Cl)[C@@H]1C(=O)Nc1ccc(N=Nc2ccccc2)cc1. The van der Waals surface area contributed by atoms with E-state index >= 15 is 0 Å². The molecule has 134 valence electrons. The minimum absolute atomic E-state index is 0.0375. The van der Waals surface area contributed by atoms with Crippen molar-refractivity contribution in [2.45, 2.75) is 13.8 Å². The van der Waals surface area contributed by atoms with E-state index in [4.69, 9.17) is 23.2 Å². The molecule has 0 spiro atoms. The molecule has 1 amide bonds. The number of azo groups is 1. The van der Waals surface area contributed by atoms with E-state index in [-0.39, 0.29) is 27.6 Å². The van der Waals surface area contributed by atoms with Gasteiger partial charge in [-0.1, -0.05) is 55.2 Å². The molecule has 2 aromatic carbocycles. The van der Waals surface area contributed by atoms with Crippen LogP contribution in [-0.4, -0.2) is 5.91 Å². The zero-order valence-corrected chi connectivity index (χ0v) is 16.0. The number of nitrogens with zero attached hydrogens (tertiary/aromatic N) is 2. The Balaban J connectivity index is 1.62. The molecule has 0 bridgehead atoms. The molecule has 0 heterocycles. The summed E-state index contributed by atoms with van der Waals surface area (Å²) in [6, 6.07) is 16.8. The molecular weight excluding hydrogens is 369 g/mol. The van der Waals surface area contributed by atoms with E-state index in [2.05, 4.69) is 15.5 Å². The quantitative estimate of drug-likeness (QED) is 0.574. The molecule has 1 saturated carbocycles. The van der Waals surface area contributed by atoms with Gasteiger partial charge < -0.3 is 5.32 Å². The lowest BCUT2D eigenvalue weighted by molar-refractivity contribution is -0.118. The molecule has 0 radical (unpaired) electrons. The van der Waals surface area contributed by atoms with Gasteiger partial charge in [0.25, 0.3) is 0 Å². The van der Waals surface area contributed by atoms with Crippen LogP contribution in [0.15, 0.2) is 75.4 Å². The first-order chi connectivity index (χ1) is 12.4. The van der Waals surface area contributed by atoms with Gasteiger partial charge in [-0.05, 0) is 53.8 Å². The van der Waals surface area contributed by atoms with E-state index in [9.17, 15) is 4.79 Å². The standard InChI is InChI=1S/C20H19Cl2N3O/c1-20(2)16(12-17(21)22)18(20)19(26)23-13-8-10-15(11-9-13)25-24-14-6-4-3-5-7-14/h3-12,16,18H,1-2H3,(H,23,26)/t16-,18+/m0/s1. The van der Waals surface area contributed by atoms with Crippen LogP contribution >= 0.6 is 23.2 Å². The third-order valence-corrected chi connectivity index (χ3v) is 4.92. The van der Waals surface area contributed by atoms with Crippen molar-refractivity contribution in [1.29, 1.82) is 0 Å². The molecule has 6 heteroatoms. The predicted molar refractivity (Wildman–Crippen MR) is 106 cm³/mol. The molecule has 0 unspecified atom stereocenters. The van der Waals surface area contributed by atoms with Gasteiger partial charge in [0, 0.05) is 5.69 Å². The fourth-order valence-electron chi connectivity index (χ4n) is 3.07. The van der Waals surface area contributed by atoms with E-state index in [1.54, 1.807) is 6.08 Å². The molecule has 0 aliphatic heterocycles. The Hall–Kier alpha value is -2.17. The van der Waals surface area contributed by atoms with E-state index in [0.29, 0.717) is 5.69 Å². The number of carbonyl (C=O) groups is 1. The lowest BCUT2D eigenvalue weighted by atomic mass is 10.1. The number of carbonyl (C=O) groups excluding carboxylic acids is 1. The molecule has 2 aromatic rings. The monoisotopic (exact) mass is 387 g/mol. The average Bonchev–Trinajstić information content (AvgIpc) is 3.14. The number of hydrogen-bond donors (Lipinski definition) is 1. The Labute approximate surface area is 162 Å². The third kappa shape index (κ3) is 4.32. The van der Waals surface area contributed by atoms with Crippen LogP contribution in [0.3, 0.4) is 0 Å². The number of allylic oxidation sites excluding steroid dienone is 1. The largest absolute Gasteiger partial charge is 0.326 e. The van der Waals surface area contributed by atoms with Crippen molar-refractivity contribution in [3.05, 3.63) is 65.2 Å². The summed E-state index contributed by atoms with van der Waals surface area (Å²) in [6.45, 7) is 4.06. The molecule has 26 heavy (non-hydrogen) atoms. The maximum Gasteiger partial charge on any atom is 0.228 e. The number of amides is 1. The topological polar surface area (TPSA) is 53.8 Å². The van der Waals surface area contributed by atoms with Gasteiger partial charge in [-0.3, -0.25) is 4.79 Å². The normalized spacial score (nSPS) is 20.6. The molecule has 1 N–H and O–H groups in total. The summed E-state index contributed by atoms with van der Waals surface area (Å²) in [6.07, 6.45) is 1.74. The number of rotatable bonds is 5. The van der Waals surface area contributed by atoms with Crippen molar-refractivity contribution in [3.8, 4) is 0 Å². The van der Waals surface area contributed by atoms with Gasteiger partial charge in [-0.15, -0.1) is 0 Å². The number of anilines is 1. The Morgan fingerprint density at radius 3 is 2.15 bits per heavy atom. The minimum Gasteiger partial charge on any atom is -0.326 e. The van der Waals surface area contributed by atoms with Crippen LogP contribution in [0, 0.1) is 17.3 Å². The van der Waals surface area contributed by atoms with E-state index in [0.717, 1.165) is 11.4 Å². The molecule has 1 aliphatic carbocycles. The Morgan fingerprint density at radius 2 is 1.58 bits per heavy atom. The Morgan fingerprint density at radius 1 is 1.00 bits per heavy atom. The minimum atomic E-state index is -0.150. The summed E-state index contributed by atoms with van der Waals surface area (Å²) in [5.41, 5.74) is 2.07. The first-order valence-corrected chi connectivity index (χ1v) is 9.04. The summed E-state index contributed by atoms with van der Waals surface area (Å²) in [5, 5.41) is 11.3. The molecule has 3 rings (SSSR count). The zero-order chi connectivity index (χ0) is 18.7. The van der Waals surface area contributed by atoms with Crippen molar-refractivity contribution in [2.24, 2.45) is 27.5 Å². The van der Waals surface area contributed by atoms with Crippen LogP contribution in [0.25, 0.3) is 0 Å². The summed E-state index contributed by atoms with van der Waals surface area (Å²) in [5.74, 6) is -0.136. The van der Waals surface area contributed by atoms with Crippen molar-refractivity contribution < 1.29 is 4.79 Å². The number of benzene rings is 2. The lowest BCUT2D eigenvalue weighted by Gasteiger charge is -2.06. The van der Waals surface area contributed by atoms with Crippen molar-refractivity contribution >= 4 is 46.2 Å². The van der Waals surface area contributed by atoms with Gasteiger partial charge in [0.15, 0.2) is 0 Å². The first kappa shape index (κ1) is 18.6. The molecule has 2 atom stereocenters. The summed E-state index contributed by atoms with van der Waals surface area (Å²) < 4.78 is 0.200. The van der Waals surface area contributed by atoms with E-state index < -0.39 is 0 Å². The first-order valence-electron chi connectivity index (χ1n) is 8.28. The number of halogens is 2. The molecule has 4 nitrogen and oxygen atoms in total. The van der Waals surface area contributed by atoms with Crippen LogP contribution in [-0.2, 0) is 4.79 Å². The van der Waals surface area contributed by atoms with Gasteiger partial charge in [0.2, 0.25) is 5.91 Å². The third-order valence-electron chi connectivity index (χ3n) is 4.67. The van der Waals surface area contributed by atoms with Crippen molar-refractivity contribution in [3.63, 3.8) is 0 Å². The highest BCUT2D eigenvalue weighted by Gasteiger charge is 2.60. The fourth-order valence-corrected chi connectivity index (χ4v) is 3.34. The molecular formula is C20H19Cl2N3O. The number of hydrogen-bond acceptors (Lipinski definition) is 3. The van der Waals surface area contributed by atoms with Crippen LogP contribution in [0.5, 0.6) is 0 Å². The maximum atomic E-state index is 12.5. The second-order valence-electron chi connectivity index (χ2n) is 6.85. The van der Waals surface area contributed by atoms with Crippen LogP contribution in [0.4, 0.5) is 17.1 Å². The fraction of sp³-hybridized carbons (Fsp3) is 0.250. The van der Waals surface area contributed by atoms with Gasteiger partial charge >= 0.3 is 0 Å². The maximum absolute atomic E-state index is 12.5. The smallest absolute Gasteiger partial charge is 0.228 e. The Kier molecular flexibility index (Phi) is 5.44. The highest BCUT2D eigenvalue weighted by Crippen LogP contribution is 2.60. The van der Waals surface area contributed by atoms with Crippen molar-refractivity contribution in [1.82, 2.24) is 0 Å². The summed E-state index contributed by atoms with van der Waals surface area (Å²) in [7, 11) is 0. The van der Waals surface area contributed by atoms with E-state index in [1.807, 2.05) is 68.4 Å². The van der Waals surface area contributed by atoms with Gasteiger partial charge in [-0.2, -0.15) is 10.2 Å². The lowest BCUT2D eigenvalue weighted by Crippen LogP contribution is -2.16. The summed E-state index contributed by atoms with van der Waals surface area (Å²) >= 11 is 11.5. The molecule has 0 saturated heterocycles. The second kappa shape index (κ2) is 7.60. The van der Waals surface area contributed by atoms with Gasteiger partial charge in [-0.25, -0.2) is 0 Å². The summed E-state index contributed by atoms with van der Waals surface area (Å²) in [4.78, 5) is 12.5. The van der Waals surface area contributed by atoms with Crippen LogP contribution in [0.2, 0.25) is 0 Å².